The van der Waals surface area contributed by atoms with Crippen LogP contribution in [0.25, 0.3) is 0 Å². The van der Waals surface area contributed by atoms with Crippen molar-refractivity contribution in [2.24, 2.45) is 0 Å². The van der Waals surface area contributed by atoms with Crippen LogP contribution in [0.4, 0.5) is 0 Å². The number of benzene rings is 1. The van der Waals surface area contributed by atoms with Crippen LogP contribution >= 0.6 is 0 Å². The summed E-state index contributed by atoms with van der Waals surface area (Å²) >= 11 is 0. The summed E-state index contributed by atoms with van der Waals surface area (Å²) in [5, 5.41) is 0. The van der Waals surface area contributed by atoms with Crippen LogP contribution in [0.3, 0.4) is 0 Å². The molecule has 0 aromatic heterocycles. The second-order valence-electron chi connectivity index (χ2n) is 5.55. The number of quaternary nitrogens is 1. The second kappa shape index (κ2) is 6.71. The Hall–Kier alpha value is -1.35. The summed E-state index contributed by atoms with van der Waals surface area (Å²) in [6, 6.07) is 8.14. The predicted octanol–water partition coefficient (Wildman–Crippen LogP) is 1.000. The van der Waals surface area contributed by atoms with E-state index in [0.717, 1.165) is 44.5 Å². The topological polar surface area (TPSA) is 24.8 Å². The van der Waals surface area contributed by atoms with E-state index < -0.39 is 0 Å². The summed E-state index contributed by atoms with van der Waals surface area (Å²) in [5.74, 6) is 0.192. The summed E-state index contributed by atoms with van der Waals surface area (Å²) in [7, 11) is 2.20. The Bertz CT molecular complexity index is 413. The number of carbonyl (C=O) groups excluding carboxylic acids is 1. The van der Waals surface area contributed by atoms with Crippen LogP contribution in [-0.2, 0) is 6.42 Å². The van der Waals surface area contributed by atoms with E-state index in [1.165, 1.54) is 17.0 Å². The van der Waals surface area contributed by atoms with Gasteiger partial charge in [0, 0.05) is 18.5 Å². The molecule has 0 aliphatic carbocycles. The molecule has 1 unspecified atom stereocenters. The Morgan fingerprint density at radius 1 is 1.21 bits per heavy atom. The van der Waals surface area contributed by atoms with Gasteiger partial charge in [-0.1, -0.05) is 25.5 Å². The van der Waals surface area contributed by atoms with Gasteiger partial charge in [-0.2, -0.15) is 0 Å². The van der Waals surface area contributed by atoms with Crippen molar-refractivity contribution in [1.29, 1.82) is 0 Å². The Morgan fingerprint density at radius 3 is 2.63 bits per heavy atom. The molecule has 0 radical (unpaired) electrons. The van der Waals surface area contributed by atoms with Crippen molar-refractivity contribution < 1.29 is 9.69 Å². The molecule has 1 heterocycles. The minimum atomic E-state index is 0.192. The van der Waals surface area contributed by atoms with Gasteiger partial charge in [-0.25, -0.2) is 0 Å². The number of amides is 1. The quantitative estimate of drug-likeness (QED) is 0.862. The Balaban J connectivity index is 2.02. The number of aryl methyl sites for hydroxylation is 1. The average molecular weight is 261 g/mol. The zero-order valence-corrected chi connectivity index (χ0v) is 12.1. The van der Waals surface area contributed by atoms with Gasteiger partial charge in [0.25, 0.3) is 5.91 Å². The van der Waals surface area contributed by atoms with Crippen molar-refractivity contribution in [1.82, 2.24) is 4.90 Å². The monoisotopic (exact) mass is 261 g/mol. The molecule has 1 fully saturated rings. The fraction of sp³-hybridized carbons (Fsp3) is 0.562. The zero-order chi connectivity index (χ0) is 13.7. The highest BCUT2D eigenvalue weighted by molar-refractivity contribution is 5.94. The first kappa shape index (κ1) is 14.1. The van der Waals surface area contributed by atoms with E-state index in [1.54, 1.807) is 0 Å². The molecule has 1 aromatic carbocycles. The lowest BCUT2D eigenvalue weighted by Crippen LogP contribution is -3.09. The minimum Gasteiger partial charge on any atom is -0.336 e. The molecule has 1 saturated heterocycles. The Labute approximate surface area is 116 Å². The SMILES string of the molecule is CCCc1ccc(C(=O)N2CCC[NH+](C)CC2)cc1. The van der Waals surface area contributed by atoms with Gasteiger partial charge in [0.1, 0.15) is 0 Å². The van der Waals surface area contributed by atoms with Crippen molar-refractivity contribution in [3.8, 4) is 0 Å². The second-order valence-corrected chi connectivity index (χ2v) is 5.55. The van der Waals surface area contributed by atoms with Gasteiger partial charge in [-0.15, -0.1) is 0 Å². The Kier molecular flexibility index (Phi) is 4.97. The van der Waals surface area contributed by atoms with Gasteiger partial charge in [-0.05, 0) is 24.1 Å². The minimum absolute atomic E-state index is 0.192. The van der Waals surface area contributed by atoms with E-state index in [2.05, 4.69) is 26.1 Å². The van der Waals surface area contributed by atoms with E-state index in [4.69, 9.17) is 0 Å². The Morgan fingerprint density at radius 2 is 1.95 bits per heavy atom. The van der Waals surface area contributed by atoms with Crippen molar-refractivity contribution in [2.45, 2.75) is 26.2 Å². The average Bonchev–Trinajstić information content (AvgIpc) is 2.64. The molecule has 1 aliphatic heterocycles. The number of carbonyl (C=O) groups is 1. The molecule has 0 bridgehead atoms. The van der Waals surface area contributed by atoms with Crippen LogP contribution in [0.1, 0.15) is 35.7 Å². The van der Waals surface area contributed by atoms with E-state index >= 15 is 0 Å². The highest BCUT2D eigenvalue weighted by Crippen LogP contribution is 2.10. The van der Waals surface area contributed by atoms with E-state index in [1.807, 2.05) is 17.0 Å². The molecule has 3 nitrogen and oxygen atoms in total. The lowest BCUT2D eigenvalue weighted by molar-refractivity contribution is -0.877. The zero-order valence-electron chi connectivity index (χ0n) is 12.1. The van der Waals surface area contributed by atoms with Gasteiger partial charge in [0.15, 0.2) is 0 Å². The first-order chi connectivity index (χ1) is 9.20. The predicted molar refractivity (Wildman–Crippen MR) is 77.6 cm³/mol. The number of likely N-dealkylation sites (N-methyl/N-ethyl adjacent to an activating group) is 1. The van der Waals surface area contributed by atoms with E-state index in [0.29, 0.717) is 0 Å². The molecule has 0 saturated carbocycles. The largest absolute Gasteiger partial charge is 0.336 e. The highest BCUT2D eigenvalue weighted by atomic mass is 16.2. The van der Waals surface area contributed by atoms with Crippen LogP contribution in [0, 0.1) is 0 Å². The van der Waals surface area contributed by atoms with Gasteiger partial charge in [0.05, 0.1) is 26.7 Å². The third-order valence-electron chi connectivity index (χ3n) is 3.87. The van der Waals surface area contributed by atoms with Crippen molar-refractivity contribution in [3.63, 3.8) is 0 Å². The van der Waals surface area contributed by atoms with E-state index in [-0.39, 0.29) is 5.91 Å². The molecule has 1 aliphatic rings. The first-order valence-electron chi connectivity index (χ1n) is 7.40. The summed E-state index contributed by atoms with van der Waals surface area (Å²) in [6.45, 7) is 6.17. The molecule has 1 aromatic rings. The van der Waals surface area contributed by atoms with Crippen molar-refractivity contribution >= 4 is 5.91 Å². The van der Waals surface area contributed by atoms with E-state index in [9.17, 15) is 4.79 Å². The van der Waals surface area contributed by atoms with Gasteiger partial charge in [-0.3, -0.25) is 4.79 Å². The molecular weight excluding hydrogens is 236 g/mol. The normalized spacial score (nSPS) is 20.1. The number of rotatable bonds is 3. The summed E-state index contributed by atoms with van der Waals surface area (Å²) in [6.07, 6.45) is 3.34. The molecular formula is C16H25N2O+. The maximum atomic E-state index is 12.4. The van der Waals surface area contributed by atoms with Crippen LogP contribution in [0.15, 0.2) is 24.3 Å². The summed E-state index contributed by atoms with van der Waals surface area (Å²) < 4.78 is 0. The number of nitrogens with one attached hydrogen (secondary N) is 1. The van der Waals surface area contributed by atoms with Crippen LogP contribution in [0.5, 0.6) is 0 Å². The smallest absolute Gasteiger partial charge is 0.254 e. The molecule has 3 heteroatoms. The fourth-order valence-corrected chi connectivity index (χ4v) is 2.62. The van der Waals surface area contributed by atoms with Crippen LogP contribution in [-0.4, -0.2) is 44.0 Å². The van der Waals surface area contributed by atoms with Crippen molar-refractivity contribution in [2.75, 3.05) is 33.2 Å². The van der Waals surface area contributed by atoms with Gasteiger partial charge < -0.3 is 9.80 Å². The van der Waals surface area contributed by atoms with Crippen molar-refractivity contribution in [3.05, 3.63) is 35.4 Å². The molecule has 1 N–H and O–H groups in total. The maximum Gasteiger partial charge on any atom is 0.254 e. The number of nitrogens with zero attached hydrogens (tertiary/aromatic N) is 1. The third kappa shape index (κ3) is 3.80. The summed E-state index contributed by atoms with van der Waals surface area (Å²) in [4.78, 5) is 16.0. The van der Waals surface area contributed by atoms with Gasteiger partial charge in [0.2, 0.25) is 0 Å². The van der Waals surface area contributed by atoms with Crippen LogP contribution in [0.2, 0.25) is 0 Å². The maximum absolute atomic E-state index is 12.4. The standard InChI is InChI=1S/C16H24N2O/c1-3-5-14-6-8-15(9-7-14)16(19)18-11-4-10-17(2)12-13-18/h6-9H,3-5,10-13H2,1-2H3/p+1. The molecule has 104 valence electrons. The summed E-state index contributed by atoms with van der Waals surface area (Å²) in [5.41, 5.74) is 2.15. The lowest BCUT2D eigenvalue weighted by atomic mass is 10.1. The molecule has 1 atom stereocenters. The molecule has 2 rings (SSSR count). The lowest BCUT2D eigenvalue weighted by Gasteiger charge is -2.19. The molecule has 1 amide bonds. The van der Waals surface area contributed by atoms with Crippen LogP contribution < -0.4 is 4.90 Å². The third-order valence-corrected chi connectivity index (χ3v) is 3.87. The number of hydrogen-bond acceptors (Lipinski definition) is 1. The molecule has 0 spiro atoms. The molecule has 19 heavy (non-hydrogen) atoms. The number of hydrogen-bond donors (Lipinski definition) is 1. The highest BCUT2D eigenvalue weighted by Gasteiger charge is 2.20. The first-order valence-corrected chi connectivity index (χ1v) is 7.40. The van der Waals surface area contributed by atoms with Gasteiger partial charge >= 0.3 is 0 Å². The fourth-order valence-electron chi connectivity index (χ4n) is 2.62.